The van der Waals surface area contributed by atoms with E-state index in [1.54, 1.807) is 4.68 Å². The van der Waals surface area contributed by atoms with Crippen molar-refractivity contribution in [2.24, 2.45) is 0 Å². The summed E-state index contributed by atoms with van der Waals surface area (Å²) in [6.07, 6.45) is 0.0504. The third kappa shape index (κ3) is 3.26. The number of benzene rings is 2. The highest BCUT2D eigenvalue weighted by molar-refractivity contribution is 5.94. The standard InChI is InChI=1S/C21H21N3O2/c1-16-15-23(12-13-26-16)21(25)20-14-19(17-8-4-2-5-9-17)22-24(20)18-10-6-3-7-11-18/h2-11,14,16H,12-13,15H2,1H3. The summed E-state index contributed by atoms with van der Waals surface area (Å²) in [6, 6.07) is 21.6. The highest BCUT2D eigenvalue weighted by Gasteiger charge is 2.26. The lowest BCUT2D eigenvalue weighted by Gasteiger charge is -2.31. The predicted molar refractivity (Wildman–Crippen MR) is 100 cm³/mol. The molecule has 0 N–H and O–H groups in total. The summed E-state index contributed by atoms with van der Waals surface area (Å²) in [5, 5.41) is 4.72. The summed E-state index contributed by atoms with van der Waals surface area (Å²) in [5.74, 6) is -0.0151. The first-order chi connectivity index (χ1) is 12.7. The van der Waals surface area contributed by atoms with Crippen LogP contribution in [0.4, 0.5) is 0 Å². The van der Waals surface area contributed by atoms with Crippen LogP contribution in [-0.2, 0) is 4.74 Å². The largest absolute Gasteiger partial charge is 0.375 e. The number of ether oxygens (including phenoxy) is 1. The number of morpholine rings is 1. The molecule has 1 atom stereocenters. The maximum absolute atomic E-state index is 13.2. The number of aromatic nitrogens is 2. The fourth-order valence-corrected chi connectivity index (χ4v) is 3.21. The average Bonchev–Trinajstić information content (AvgIpc) is 3.14. The summed E-state index contributed by atoms with van der Waals surface area (Å²) in [7, 11) is 0. The number of hydrogen-bond donors (Lipinski definition) is 0. The van der Waals surface area contributed by atoms with Crippen LogP contribution < -0.4 is 0 Å². The van der Waals surface area contributed by atoms with Gasteiger partial charge in [0.05, 0.1) is 24.1 Å². The first-order valence-corrected chi connectivity index (χ1v) is 8.84. The van der Waals surface area contributed by atoms with E-state index in [1.807, 2.05) is 78.6 Å². The lowest BCUT2D eigenvalue weighted by atomic mass is 10.1. The summed E-state index contributed by atoms with van der Waals surface area (Å²) in [4.78, 5) is 15.0. The molecule has 3 aromatic rings. The van der Waals surface area contributed by atoms with Crippen LogP contribution in [-0.4, -0.2) is 46.4 Å². The maximum Gasteiger partial charge on any atom is 0.272 e. The van der Waals surface area contributed by atoms with Crippen molar-refractivity contribution < 1.29 is 9.53 Å². The molecule has 1 aromatic heterocycles. The lowest BCUT2D eigenvalue weighted by molar-refractivity contribution is -0.0127. The second kappa shape index (κ2) is 7.14. The molecule has 2 aromatic carbocycles. The average molecular weight is 347 g/mol. The van der Waals surface area contributed by atoms with Crippen molar-refractivity contribution in [1.29, 1.82) is 0 Å². The van der Waals surface area contributed by atoms with Crippen LogP contribution in [0.1, 0.15) is 17.4 Å². The summed E-state index contributed by atoms with van der Waals surface area (Å²) < 4.78 is 7.31. The van der Waals surface area contributed by atoms with Gasteiger partial charge < -0.3 is 9.64 Å². The lowest BCUT2D eigenvalue weighted by Crippen LogP contribution is -2.45. The number of carbonyl (C=O) groups is 1. The first kappa shape index (κ1) is 16.5. The summed E-state index contributed by atoms with van der Waals surface area (Å²) >= 11 is 0. The Hall–Kier alpha value is -2.92. The minimum atomic E-state index is -0.0151. The Kier molecular flexibility index (Phi) is 4.54. The predicted octanol–water partition coefficient (Wildman–Crippen LogP) is 3.40. The number of nitrogens with zero attached hydrogens (tertiary/aromatic N) is 3. The van der Waals surface area contributed by atoms with Gasteiger partial charge >= 0.3 is 0 Å². The van der Waals surface area contributed by atoms with Gasteiger partial charge in [0.1, 0.15) is 5.69 Å². The van der Waals surface area contributed by atoms with Crippen molar-refractivity contribution in [1.82, 2.24) is 14.7 Å². The molecule has 0 bridgehead atoms. The molecule has 2 heterocycles. The molecule has 0 aliphatic carbocycles. The van der Waals surface area contributed by atoms with Crippen LogP contribution in [0.3, 0.4) is 0 Å². The number of carbonyl (C=O) groups excluding carboxylic acids is 1. The topological polar surface area (TPSA) is 47.4 Å². The zero-order chi connectivity index (χ0) is 17.9. The van der Waals surface area contributed by atoms with Gasteiger partial charge in [0.15, 0.2) is 0 Å². The van der Waals surface area contributed by atoms with Crippen molar-refractivity contribution in [3.05, 3.63) is 72.4 Å². The number of para-hydroxylation sites is 1. The van der Waals surface area contributed by atoms with Crippen molar-refractivity contribution >= 4 is 5.91 Å². The van der Waals surface area contributed by atoms with Gasteiger partial charge in [-0.2, -0.15) is 5.10 Å². The molecule has 132 valence electrons. The number of hydrogen-bond acceptors (Lipinski definition) is 3. The van der Waals surface area contributed by atoms with E-state index in [-0.39, 0.29) is 12.0 Å². The summed E-state index contributed by atoms with van der Waals surface area (Å²) in [6.45, 7) is 3.75. The first-order valence-electron chi connectivity index (χ1n) is 8.84. The fourth-order valence-electron chi connectivity index (χ4n) is 3.21. The molecule has 0 saturated carbocycles. The van der Waals surface area contributed by atoms with Gasteiger partial charge in [-0.15, -0.1) is 0 Å². The highest BCUT2D eigenvalue weighted by atomic mass is 16.5. The van der Waals surface area contributed by atoms with E-state index >= 15 is 0 Å². The van der Waals surface area contributed by atoms with Crippen LogP contribution >= 0.6 is 0 Å². The highest BCUT2D eigenvalue weighted by Crippen LogP contribution is 2.23. The minimum absolute atomic E-state index is 0.0151. The van der Waals surface area contributed by atoms with Crippen molar-refractivity contribution in [2.45, 2.75) is 13.0 Å². The van der Waals surface area contributed by atoms with Crippen LogP contribution in [0.25, 0.3) is 16.9 Å². The van der Waals surface area contributed by atoms with Gasteiger partial charge in [-0.05, 0) is 25.1 Å². The maximum atomic E-state index is 13.2. The smallest absolute Gasteiger partial charge is 0.272 e. The Morgan fingerprint density at radius 1 is 1.08 bits per heavy atom. The molecule has 5 nitrogen and oxygen atoms in total. The Bertz CT molecular complexity index is 890. The molecule has 0 spiro atoms. The van der Waals surface area contributed by atoms with Gasteiger partial charge in [0, 0.05) is 18.7 Å². The zero-order valence-electron chi connectivity index (χ0n) is 14.7. The van der Waals surface area contributed by atoms with E-state index in [0.29, 0.717) is 25.4 Å². The Balaban J connectivity index is 1.77. The normalized spacial score (nSPS) is 17.3. The van der Waals surface area contributed by atoms with Crippen LogP contribution in [0.5, 0.6) is 0 Å². The van der Waals surface area contributed by atoms with E-state index in [0.717, 1.165) is 16.9 Å². The van der Waals surface area contributed by atoms with Crippen molar-refractivity contribution in [3.8, 4) is 16.9 Å². The van der Waals surface area contributed by atoms with E-state index in [4.69, 9.17) is 9.84 Å². The molecule has 1 fully saturated rings. The van der Waals surface area contributed by atoms with E-state index < -0.39 is 0 Å². The quantitative estimate of drug-likeness (QED) is 0.729. The Labute approximate surface area is 152 Å². The second-order valence-corrected chi connectivity index (χ2v) is 6.46. The summed E-state index contributed by atoms with van der Waals surface area (Å²) in [5.41, 5.74) is 3.23. The molecule has 1 amide bonds. The molecular formula is C21H21N3O2. The third-order valence-electron chi connectivity index (χ3n) is 4.53. The van der Waals surface area contributed by atoms with Crippen molar-refractivity contribution in [3.63, 3.8) is 0 Å². The molecule has 1 aliphatic rings. The third-order valence-corrected chi connectivity index (χ3v) is 4.53. The van der Waals surface area contributed by atoms with E-state index in [1.165, 1.54) is 0 Å². The van der Waals surface area contributed by atoms with Gasteiger partial charge in [-0.3, -0.25) is 4.79 Å². The van der Waals surface area contributed by atoms with E-state index in [2.05, 4.69) is 0 Å². The molecule has 0 radical (unpaired) electrons. The molecule has 26 heavy (non-hydrogen) atoms. The molecule has 1 saturated heterocycles. The zero-order valence-corrected chi connectivity index (χ0v) is 14.7. The number of amides is 1. The van der Waals surface area contributed by atoms with Gasteiger partial charge in [0.2, 0.25) is 0 Å². The SMILES string of the molecule is CC1CN(C(=O)c2cc(-c3ccccc3)nn2-c2ccccc2)CCO1. The van der Waals surface area contributed by atoms with Crippen LogP contribution in [0, 0.1) is 0 Å². The van der Waals surface area contributed by atoms with Gasteiger partial charge in [-0.1, -0.05) is 48.5 Å². The van der Waals surface area contributed by atoms with Crippen LogP contribution in [0.2, 0.25) is 0 Å². The fraction of sp³-hybridized carbons (Fsp3) is 0.238. The minimum Gasteiger partial charge on any atom is -0.375 e. The Morgan fingerprint density at radius 3 is 2.46 bits per heavy atom. The molecular weight excluding hydrogens is 326 g/mol. The molecule has 4 rings (SSSR count). The van der Waals surface area contributed by atoms with Gasteiger partial charge in [0.25, 0.3) is 5.91 Å². The number of rotatable bonds is 3. The van der Waals surface area contributed by atoms with Crippen molar-refractivity contribution in [2.75, 3.05) is 19.7 Å². The van der Waals surface area contributed by atoms with Crippen LogP contribution in [0.15, 0.2) is 66.7 Å². The van der Waals surface area contributed by atoms with E-state index in [9.17, 15) is 4.79 Å². The molecule has 1 unspecified atom stereocenters. The second-order valence-electron chi connectivity index (χ2n) is 6.46. The van der Waals surface area contributed by atoms with Gasteiger partial charge in [-0.25, -0.2) is 4.68 Å². The molecule has 5 heteroatoms. The monoisotopic (exact) mass is 347 g/mol. The Morgan fingerprint density at radius 2 is 1.77 bits per heavy atom. The molecule has 1 aliphatic heterocycles.